The van der Waals surface area contributed by atoms with E-state index in [4.69, 9.17) is 10.9 Å². The van der Waals surface area contributed by atoms with Crippen LogP contribution in [-0.2, 0) is 14.8 Å². The van der Waals surface area contributed by atoms with Crippen LogP contribution in [0.2, 0.25) is 0 Å². The maximum absolute atomic E-state index is 11.8. The van der Waals surface area contributed by atoms with Gasteiger partial charge in [0.1, 0.15) is 0 Å². The van der Waals surface area contributed by atoms with Crippen molar-refractivity contribution >= 4 is 21.6 Å². The van der Waals surface area contributed by atoms with Crippen molar-refractivity contribution in [3.8, 4) is 0 Å². The number of nitrogens with one attached hydrogen (secondary N) is 1. The second kappa shape index (κ2) is 6.65. The normalized spacial score (nSPS) is 13.0. The fraction of sp³-hybridized carbons (Fsp3) is 0.417. The van der Waals surface area contributed by atoms with Gasteiger partial charge in [-0.15, -0.1) is 0 Å². The lowest BCUT2D eigenvalue weighted by Gasteiger charge is -2.12. The van der Waals surface area contributed by atoms with Crippen LogP contribution in [0.15, 0.2) is 29.2 Å². The molecule has 6 nitrogen and oxygen atoms in total. The van der Waals surface area contributed by atoms with Crippen molar-refractivity contribution in [1.82, 2.24) is 0 Å². The highest BCUT2D eigenvalue weighted by molar-refractivity contribution is 7.89. The third-order valence-electron chi connectivity index (χ3n) is 2.64. The topological polar surface area (TPSA) is 115 Å². The molecule has 1 rings (SSSR count). The molecule has 1 amide bonds. The summed E-state index contributed by atoms with van der Waals surface area (Å²) in [5, 5.41) is 7.60. The first-order valence-electron chi connectivity index (χ1n) is 6.04. The number of anilines is 1. The van der Waals surface area contributed by atoms with Crippen molar-refractivity contribution in [3.63, 3.8) is 0 Å². The number of benzene rings is 1. The molecule has 0 saturated carbocycles. The molecule has 5 N–H and O–H groups in total. The number of unbranched alkanes of at least 4 members (excludes halogenated alkanes) is 1. The van der Waals surface area contributed by atoms with Crippen LogP contribution < -0.4 is 16.2 Å². The SMILES string of the molecule is CCCC[C@H](N)C(=O)Nc1cccc(S(N)(=O)=O)c1. The third kappa shape index (κ3) is 4.98. The quantitative estimate of drug-likeness (QED) is 0.716. The summed E-state index contributed by atoms with van der Waals surface area (Å²) in [6.45, 7) is 2.01. The summed E-state index contributed by atoms with van der Waals surface area (Å²) in [6.07, 6.45) is 2.42. The number of primary sulfonamides is 1. The summed E-state index contributed by atoms with van der Waals surface area (Å²) in [7, 11) is -3.78. The molecule has 0 saturated heterocycles. The zero-order valence-corrected chi connectivity index (χ0v) is 11.6. The number of carbonyl (C=O) groups excluding carboxylic acids is 1. The standard InChI is InChI=1S/C12H19N3O3S/c1-2-3-7-11(13)12(16)15-9-5-4-6-10(8-9)19(14,17)18/h4-6,8,11H,2-3,7,13H2,1H3,(H,15,16)(H2,14,17,18)/t11-/m0/s1. The Kier molecular flexibility index (Phi) is 5.46. The van der Waals surface area contributed by atoms with Gasteiger partial charge in [0.15, 0.2) is 0 Å². The Labute approximate surface area is 113 Å². The first-order valence-corrected chi connectivity index (χ1v) is 7.58. The predicted molar refractivity (Wildman–Crippen MR) is 73.9 cm³/mol. The highest BCUT2D eigenvalue weighted by atomic mass is 32.2. The smallest absolute Gasteiger partial charge is 0.241 e. The van der Waals surface area contributed by atoms with E-state index >= 15 is 0 Å². The van der Waals surface area contributed by atoms with E-state index in [9.17, 15) is 13.2 Å². The zero-order chi connectivity index (χ0) is 14.5. The molecule has 1 atom stereocenters. The molecule has 0 fully saturated rings. The van der Waals surface area contributed by atoms with Gasteiger partial charge in [0.2, 0.25) is 15.9 Å². The summed E-state index contributed by atoms with van der Waals surface area (Å²) < 4.78 is 22.4. The Balaban J connectivity index is 2.75. The molecule has 0 aromatic heterocycles. The Morgan fingerprint density at radius 2 is 2.11 bits per heavy atom. The first-order chi connectivity index (χ1) is 8.84. The van der Waals surface area contributed by atoms with Crippen LogP contribution in [0.4, 0.5) is 5.69 Å². The van der Waals surface area contributed by atoms with Gasteiger partial charge in [-0.05, 0) is 24.6 Å². The average molecular weight is 285 g/mol. The average Bonchev–Trinajstić information content (AvgIpc) is 2.35. The molecular weight excluding hydrogens is 266 g/mol. The minimum Gasteiger partial charge on any atom is -0.325 e. The number of amides is 1. The maximum atomic E-state index is 11.8. The van der Waals surface area contributed by atoms with Gasteiger partial charge < -0.3 is 11.1 Å². The van der Waals surface area contributed by atoms with Crippen molar-refractivity contribution in [2.45, 2.75) is 37.1 Å². The van der Waals surface area contributed by atoms with Crippen molar-refractivity contribution in [1.29, 1.82) is 0 Å². The van der Waals surface area contributed by atoms with Gasteiger partial charge in [0.25, 0.3) is 0 Å². The molecule has 1 aromatic rings. The van der Waals surface area contributed by atoms with Gasteiger partial charge in [-0.3, -0.25) is 4.79 Å². The third-order valence-corrected chi connectivity index (χ3v) is 3.55. The number of hydrogen-bond acceptors (Lipinski definition) is 4. The van der Waals surface area contributed by atoms with Crippen LogP contribution in [-0.4, -0.2) is 20.4 Å². The Bertz CT molecular complexity index is 543. The van der Waals surface area contributed by atoms with E-state index in [1.54, 1.807) is 6.07 Å². The molecule has 0 heterocycles. The monoisotopic (exact) mass is 285 g/mol. The summed E-state index contributed by atoms with van der Waals surface area (Å²) in [6, 6.07) is 5.16. The largest absolute Gasteiger partial charge is 0.325 e. The molecule has 0 aliphatic carbocycles. The molecular formula is C12H19N3O3S. The fourth-order valence-corrected chi connectivity index (χ4v) is 2.10. The van der Waals surface area contributed by atoms with E-state index in [2.05, 4.69) is 5.32 Å². The molecule has 0 bridgehead atoms. The predicted octanol–water partition coefficient (Wildman–Crippen LogP) is 0.790. The summed E-state index contributed by atoms with van der Waals surface area (Å²) >= 11 is 0. The molecule has 0 unspecified atom stereocenters. The maximum Gasteiger partial charge on any atom is 0.241 e. The van der Waals surface area contributed by atoms with Crippen molar-refractivity contribution < 1.29 is 13.2 Å². The van der Waals surface area contributed by atoms with E-state index < -0.39 is 16.1 Å². The van der Waals surface area contributed by atoms with Crippen LogP contribution in [0.5, 0.6) is 0 Å². The van der Waals surface area contributed by atoms with Gasteiger partial charge in [0, 0.05) is 5.69 Å². The summed E-state index contributed by atoms with van der Waals surface area (Å²) in [5.41, 5.74) is 6.08. The number of hydrogen-bond donors (Lipinski definition) is 3. The van der Waals surface area contributed by atoms with Crippen LogP contribution >= 0.6 is 0 Å². The van der Waals surface area contributed by atoms with Crippen LogP contribution in [0.1, 0.15) is 26.2 Å². The fourth-order valence-electron chi connectivity index (χ4n) is 1.54. The molecule has 0 radical (unpaired) electrons. The van der Waals surface area contributed by atoms with Crippen molar-refractivity contribution in [3.05, 3.63) is 24.3 Å². The van der Waals surface area contributed by atoms with Gasteiger partial charge in [-0.1, -0.05) is 25.8 Å². The number of sulfonamides is 1. The minimum atomic E-state index is -3.78. The number of nitrogens with two attached hydrogens (primary N) is 2. The van der Waals surface area contributed by atoms with Crippen LogP contribution in [0, 0.1) is 0 Å². The van der Waals surface area contributed by atoms with Gasteiger partial charge in [-0.2, -0.15) is 0 Å². The Hall–Kier alpha value is -1.44. The summed E-state index contributed by atoms with van der Waals surface area (Å²) in [4.78, 5) is 11.7. The molecule has 19 heavy (non-hydrogen) atoms. The first kappa shape index (κ1) is 15.6. The second-order valence-electron chi connectivity index (χ2n) is 4.31. The van der Waals surface area contributed by atoms with E-state index in [1.165, 1.54) is 18.2 Å². The highest BCUT2D eigenvalue weighted by Gasteiger charge is 2.14. The molecule has 7 heteroatoms. The van der Waals surface area contributed by atoms with E-state index in [-0.39, 0.29) is 10.8 Å². The van der Waals surface area contributed by atoms with Crippen LogP contribution in [0.3, 0.4) is 0 Å². The van der Waals surface area contributed by atoms with Gasteiger partial charge in [-0.25, -0.2) is 13.6 Å². The van der Waals surface area contributed by atoms with Crippen molar-refractivity contribution in [2.75, 3.05) is 5.32 Å². The summed E-state index contributed by atoms with van der Waals surface area (Å²) in [5.74, 6) is -0.333. The highest BCUT2D eigenvalue weighted by Crippen LogP contribution is 2.14. The molecule has 0 aliphatic rings. The second-order valence-corrected chi connectivity index (χ2v) is 5.87. The van der Waals surface area contributed by atoms with E-state index in [0.717, 1.165) is 12.8 Å². The van der Waals surface area contributed by atoms with Crippen molar-refractivity contribution in [2.24, 2.45) is 10.9 Å². The Morgan fingerprint density at radius 1 is 1.42 bits per heavy atom. The van der Waals surface area contributed by atoms with Crippen LogP contribution in [0.25, 0.3) is 0 Å². The van der Waals surface area contributed by atoms with Gasteiger partial charge in [0.05, 0.1) is 10.9 Å². The molecule has 0 aliphatic heterocycles. The van der Waals surface area contributed by atoms with Gasteiger partial charge >= 0.3 is 0 Å². The lowest BCUT2D eigenvalue weighted by atomic mass is 10.1. The lowest BCUT2D eigenvalue weighted by Crippen LogP contribution is -2.35. The lowest BCUT2D eigenvalue weighted by molar-refractivity contribution is -0.117. The minimum absolute atomic E-state index is 0.0487. The number of rotatable bonds is 6. The van der Waals surface area contributed by atoms with E-state index in [0.29, 0.717) is 12.1 Å². The zero-order valence-electron chi connectivity index (χ0n) is 10.8. The number of carbonyl (C=O) groups is 1. The van der Waals surface area contributed by atoms with E-state index in [1.807, 2.05) is 6.92 Å². The Morgan fingerprint density at radius 3 is 2.68 bits per heavy atom. The molecule has 106 valence electrons. The molecule has 0 spiro atoms. The molecule has 1 aromatic carbocycles.